The number of nitrogens with zero attached hydrogens (tertiary/aromatic N) is 3. The lowest BCUT2D eigenvalue weighted by atomic mass is 9.86. The molecule has 1 N–H and O–H groups in total. The molecule has 0 aliphatic carbocycles. The van der Waals surface area contributed by atoms with Crippen molar-refractivity contribution in [2.75, 3.05) is 13.1 Å². The van der Waals surface area contributed by atoms with E-state index in [9.17, 15) is 19.7 Å². The van der Waals surface area contributed by atoms with Gasteiger partial charge in [0.2, 0.25) is 11.8 Å². The van der Waals surface area contributed by atoms with Crippen molar-refractivity contribution in [3.05, 3.63) is 75.5 Å². The van der Waals surface area contributed by atoms with Gasteiger partial charge in [-0.2, -0.15) is 0 Å². The van der Waals surface area contributed by atoms with Crippen LogP contribution in [-0.2, 0) is 16.0 Å². The number of aromatic nitrogens is 1. The van der Waals surface area contributed by atoms with Crippen LogP contribution in [0.4, 0.5) is 5.69 Å². The molecule has 2 atom stereocenters. The molecule has 8 nitrogen and oxygen atoms in total. The molecule has 3 heterocycles. The lowest BCUT2D eigenvalue weighted by Gasteiger charge is -2.47. The number of carbonyl (C=O) groups excluding carboxylic acids is 2. The number of carbonyl (C=O) groups is 2. The summed E-state index contributed by atoms with van der Waals surface area (Å²) in [7, 11) is 0. The van der Waals surface area contributed by atoms with Gasteiger partial charge in [-0.05, 0) is 23.6 Å². The highest BCUT2D eigenvalue weighted by molar-refractivity contribution is 5.97. The average molecular weight is 461 g/mol. The second-order valence-electron chi connectivity index (χ2n) is 9.16. The zero-order chi connectivity index (χ0) is 23.8. The number of non-ortho nitro benzene ring substituents is 1. The van der Waals surface area contributed by atoms with Crippen LogP contribution in [0.15, 0.2) is 48.5 Å². The van der Waals surface area contributed by atoms with E-state index in [2.05, 4.69) is 11.9 Å². The van der Waals surface area contributed by atoms with Crippen molar-refractivity contribution in [3.63, 3.8) is 0 Å². The molecule has 0 unspecified atom stereocenters. The quantitative estimate of drug-likeness (QED) is 0.322. The van der Waals surface area contributed by atoms with Crippen molar-refractivity contribution in [2.45, 2.75) is 51.1 Å². The zero-order valence-electron chi connectivity index (χ0n) is 19.2. The lowest BCUT2D eigenvalue weighted by molar-refractivity contribution is -0.384. The summed E-state index contributed by atoms with van der Waals surface area (Å²) in [5, 5.41) is 12.5. The third-order valence-corrected chi connectivity index (χ3v) is 7.02. The smallest absolute Gasteiger partial charge is 0.269 e. The second-order valence-corrected chi connectivity index (χ2v) is 9.16. The summed E-state index contributed by atoms with van der Waals surface area (Å²) in [5.41, 5.74) is 3.35. The van der Waals surface area contributed by atoms with Gasteiger partial charge in [-0.15, -0.1) is 0 Å². The number of H-pyrrole nitrogens is 1. The maximum atomic E-state index is 13.6. The van der Waals surface area contributed by atoms with Crippen LogP contribution in [0.2, 0.25) is 0 Å². The molecule has 1 saturated heterocycles. The second kappa shape index (κ2) is 8.93. The Kier molecular flexibility index (Phi) is 5.81. The van der Waals surface area contributed by atoms with Crippen LogP contribution in [0.25, 0.3) is 10.9 Å². The van der Waals surface area contributed by atoms with Gasteiger partial charge < -0.3 is 14.8 Å². The molecule has 34 heavy (non-hydrogen) atoms. The molecule has 2 aromatic carbocycles. The molecule has 0 spiro atoms. The number of hydrogen-bond donors (Lipinski definition) is 1. The maximum absolute atomic E-state index is 13.6. The number of benzene rings is 2. The van der Waals surface area contributed by atoms with Gasteiger partial charge >= 0.3 is 0 Å². The Balaban J connectivity index is 1.59. The third-order valence-electron chi connectivity index (χ3n) is 7.02. The molecule has 2 aliphatic rings. The highest BCUT2D eigenvalue weighted by Gasteiger charge is 2.48. The fourth-order valence-corrected chi connectivity index (χ4v) is 5.40. The Morgan fingerprint density at radius 2 is 1.91 bits per heavy atom. The molecule has 0 bridgehead atoms. The fourth-order valence-electron chi connectivity index (χ4n) is 5.40. The van der Waals surface area contributed by atoms with E-state index < -0.39 is 17.0 Å². The number of para-hydroxylation sites is 1. The van der Waals surface area contributed by atoms with Gasteiger partial charge in [-0.3, -0.25) is 19.7 Å². The highest BCUT2D eigenvalue weighted by atomic mass is 16.6. The number of rotatable bonds is 7. The number of nitrogens with one attached hydrogen (secondary N) is 1. The van der Waals surface area contributed by atoms with Crippen molar-refractivity contribution >= 4 is 28.4 Å². The number of unbranched alkanes of at least 4 members (excludes halogenated alkanes) is 3. The van der Waals surface area contributed by atoms with Crippen LogP contribution in [0.1, 0.15) is 55.5 Å². The van der Waals surface area contributed by atoms with Crippen molar-refractivity contribution in [1.82, 2.24) is 14.8 Å². The molecular weight excluding hydrogens is 432 g/mol. The maximum Gasteiger partial charge on any atom is 0.269 e. The molecule has 0 radical (unpaired) electrons. The summed E-state index contributed by atoms with van der Waals surface area (Å²) in [5.74, 6) is -0.164. The molecule has 8 heteroatoms. The van der Waals surface area contributed by atoms with E-state index in [-0.39, 0.29) is 24.0 Å². The minimum Gasteiger partial charge on any atom is -0.356 e. The summed E-state index contributed by atoms with van der Waals surface area (Å²) in [6.07, 6.45) is 4.56. The zero-order valence-corrected chi connectivity index (χ0v) is 19.2. The summed E-state index contributed by atoms with van der Waals surface area (Å²) in [4.78, 5) is 44.9. The van der Waals surface area contributed by atoms with E-state index in [1.165, 1.54) is 12.1 Å². The van der Waals surface area contributed by atoms with E-state index >= 15 is 0 Å². The van der Waals surface area contributed by atoms with E-state index in [1.807, 2.05) is 24.3 Å². The van der Waals surface area contributed by atoms with Crippen molar-refractivity contribution in [2.24, 2.45) is 0 Å². The molecule has 2 amide bonds. The average Bonchev–Trinajstić information content (AvgIpc) is 3.22. The summed E-state index contributed by atoms with van der Waals surface area (Å²) < 4.78 is 0. The topological polar surface area (TPSA) is 99.5 Å². The molecule has 5 rings (SSSR count). The Hall–Kier alpha value is -3.68. The summed E-state index contributed by atoms with van der Waals surface area (Å²) in [6.45, 7) is 2.77. The summed E-state index contributed by atoms with van der Waals surface area (Å²) >= 11 is 0. The van der Waals surface area contributed by atoms with E-state index in [0.717, 1.165) is 47.8 Å². The van der Waals surface area contributed by atoms with Crippen LogP contribution in [0.3, 0.4) is 0 Å². The Morgan fingerprint density at radius 1 is 1.09 bits per heavy atom. The van der Waals surface area contributed by atoms with E-state index in [0.29, 0.717) is 18.5 Å². The molecule has 2 aliphatic heterocycles. The van der Waals surface area contributed by atoms with Gasteiger partial charge in [0.1, 0.15) is 6.04 Å². The predicted octanol–water partition coefficient (Wildman–Crippen LogP) is 4.34. The SMILES string of the molecule is CCCCCCN1CC(=O)N2[C@@H](c3cccc([N+](=O)[O-])c3)c3[nH]c4ccccc4c3C[C@@H]2C1=O. The predicted molar refractivity (Wildman–Crippen MR) is 128 cm³/mol. The van der Waals surface area contributed by atoms with Gasteiger partial charge in [0.15, 0.2) is 0 Å². The Bertz CT molecular complexity index is 1270. The number of fused-ring (bicyclic) bond motifs is 4. The fraction of sp³-hybridized carbons (Fsp3) is 0.385. The number of hydrogen-bond acceptors (Lipinski definition) is 4. The largest absolute Gasteiger partial charge is 0.356 e. The number of piperazine rings is 1. The molecule has 1 fully saturated rings. The number of nitro benzene ring substituents is 1. The molecule has 0 saturated carbocycles. The van der Waals surface area contributed by atoms with Gasteiger partial charge in [-0.1, -0.05) is 56.5 Å². The highest BCUT2D eigenvalue weighted by Crippen LogP contribution is 2.43. The Labute approximate surface area is 197 Å². The van der Waals surface area contributed by atoms with E-state index in [1.54, 1.807) is 21.9 Å². The first kappa shape index (κ1) is 22.1. The monoisotopic (exact) mass is 460 g/mol. The first-order valence-corrected chi connectivity index (χ1v) is 11.9. The van der Waals surface area contributed by atoms with Crippen molar-refractivity contribution in [1.29, 1.82) is 0 Å². The van der Waals surface area contributed by atoms with Crippen LogP contribution in [-0.4, -0.2) is 50.7 Å². The van der Waals surface area contributed by atoms with Crippen molar-refractivity contribution < 1.29 is 14.5 Å². The van der Waals surface area contributed by atoms with Gasteiger partial charge in [0.05, 0.1) is 17.5 Å². The van der Waals surface area contributed by atoms with Gasteiger partial charge in [-0.25, -0.2) is 0 Å². The van der Waals surface area contributed by atoms with Gasteiger partial charge in [0.25, 0.3) is 5.69 Å². The normalized spacial score (nSPS) is 19.9. The van der Waals surface area contributed by atoms with Crippen LogP contribution >= 0.6 is 0 Å². The van der Waals surface area contributed by atoms with Crippen LogP contribution in [0, 0.1) is 10.1 Å². The van der Waals surface area contributed by atoms with Gasteiger partial charge in [0, 0.05) is 41.7 Å². The van der Waals surface area contributed by atoms with E-state index in [4.69, 9.17) is 0 Å². The lowest BCUT2D eigenvalue weighted by Crippen LogP contribution is -2.63. The minimum atomic E-state index is -0.622. The summed E-state index contributed by atoms with van der Waals surface area (Å²) in [6, 6.07) is 13.1. The van der Waals surface area contributed by atoms with Crippen LogP contribution in [0.5, 0.6) is 0 Å². The number of aromatic amines is 1. The Morgan fingerprint density at radius 3 is 2.71 bits per heavy atom. The van der Waals surface area contributed by atoms with Crippen molar-refractivity contribution in [3.8, 4) is 0 Å². The molecule has 1 aromatic heterocycles. The minimum absolute atomic E-state index is 0.0365. The standard InChI is InChI=1S/C26H28N4O4/c1-2-3-4-7-13-28-16-23(31)29-22(26(28)32)15-20-19-11-5-6-12-21(19)27-24(20)25(29)17-9-8-10-18(14-17)30(33)34/h5-6,8-12,14,22,25,27H,2-4,7,13,15-16H2,1H3/t22-,25+/m1/s1. The number of nitro groups is 1. The number of amides is 2. The molecule has 3 aromatic rings. The first-order valence-electron chi connectivity index (χ1n) is 11.9. The van der Waals surface area contributed by atoms with Crippen LogP contribution < -0.4 is 0 Å². The first-order chi connectivity index (χ1) is 16.5. The third kappa shape index (κ3) is 3.73. The molecular formula is C26H28N4O4. The molecule has 176 valence electrons.